The first-order valence-corrected chi connectivity index (χ1v) is 6.34. The molecule has 0 amide bonds. The second kappa shape index (κ2) is 7.20. The number of carbonyl (C=O) groups is 1. The number of carbonyl (C=O) groups excluding carboxylic acids is 1. The molecule has 0 saturated heterocycles. The van der Waals surface area contributed by atoms with Crippen LogP contribution in [-0.2, 0) is 4.79 Å². The minimum absolute atomic E-state index is 0.0369. The molecule has 6 heteroatoms. The highest BCUT2D eigenvalue weighted by atomic mass is 32.2. The van der Waals surface area contributed by atoms with Gasteiger partial charge in [0.25, 0.3) is 5.69 Å². The molecule has 0 aliphatic carbocycles. The molecule has 0 radical (unpaired) electrons. The lowest BCUT2D eigenvalue weighted by Crippen LogP contribution is -1.91. The molecule has 0 aliphatic heterocycles. The molecule has 0 N–H and O–H groups in total. The minimum Gasteiger partial charge on any atom is -0.288 e. The van der Waals surface area contributed by atoms with Crippen molar-refractivity contribution in [1.29, 1.82) is 5.26 Å². The zero-order valence-corrected chi connectivity index (χ0v) is 11.0. The molecule has 19 heavy (non-hydrogen) atoms. The Hall–Kier alpha value is -2.31. The fourth-order valence-electron chi connectivity index (χ4n) is 1.25. The Morgan fingerprint density at radius 1 is 1.47 bits per heavy atom. The summed E-state index contributed by atoms with van der Waals surface area (Å²) in [4.78, 5) is 20.7. The van der Waals surface area contributed by atoms with E-state index < -0.39 is 4.92 Å². The highest BCUT2D eigenvalue weighted by molar-refractivity contribution is 8.13. The summed E-state index contributed by atoms with van der Waals surface area (Å²) in [6, 6.07) is 5.86. The molecule has 0 unspecified atom stereocenters. The highest BCUT2D eigenvalue weighted by Crippen LogP contribution is 2.16. The van der Waals surface area contributed by atoms with Crippen LogP contribution in [0.1, 0.15) is 24.5 Å². The van der Waals surface area contributed by atoms with Crippen LogP contribution >= 0.6 is 11.8 Å². The predicted octanol–water partition coefficient (Wildman–Crippen LogP) is 2.49. The molecule has 96 valence electrons. The van der Waals surface area contributed by atoms with Gasteiger partial charge in [-0.25, -0.2) is 0 Å². The van der Waals surface area contributed by atoms with Crippen molar-refractivity contribution in [3.8, 4) is 17.9 Å². The van der Waals surface area contributed by atoms with Gasteiger partial charge in [0.2, 0.25) is 0 Å². The molecule has 0 fully saturated rings. The quantitative estimate of drug-likeness (QED) is 0.366. The van der Waals surface area contributed by atoms with Gasteiger partial charge in [-0.3, -0.25) is 14.9 Å². The number of thioether (sulfide) groups is 1. The number of rotatable bonds is 3. The Morgan fingerprint density at radius 3 is 2.79 bits per heavy atom. The first-order chi connectivity index (χ1) is 9.04. The topological polar surface area (TPSA) is 84.0 Å². The van der Waals surface area contributed by atoms with Crippen LogP contribution in [0.25, 0.3) is 0 Å². The van der Waals surface area contributed by atoms with Crippen molar-refractivity contribution < 1.29 is 9.72 Å². The Balaban J connectivity index is 2.79. The van der Waals surface area contributed by atoms with Crippen molar-refractivity contribution in [2.45, 2.75) is 13.3 Å². The normalized spacial score (nSPS) is 9.05. The van der Waals surface area contributed by atoms with Gasteiger partial charge in [-0.05, 0) is 6.07 Å². The van der Waals surface area contributed by atoms with Gasteiger partial charge >= 0.3 is 0 Å². The SMILES string of the molecule is CC(=O)SCCC#Cc1ccc([N+](=O)[O-])cc1C#N. The van der Waals surface area contributed by atoms with Crippen molar-refractivity contribution in [2.24, 2.45) is 0 Å². The summed E-state index contributed by atoms with van der Waals surface area (Å²) >= 11 is 1.19. The van der Waals surface area contributed by atoms with Crippen LogP contribution in [0.2, 0.25) is 0 Å². The summed E-state index contributed by atoms with van der Waals surface area (Å²) < 4.78 is 0. The monoisotopic (exact) mass is 274 g/mol. The number of benzene rings is 1. The number of nitriles is 1. The molecule has 0 aliphatic rings. The van der Waals surface area contributed by atoms with Gasteiger partial charge < -0.3 is 0 Å². The maximum Gasteiger partial charge on any atom is 0.270 e. The Bertz CT molecular complexity index is 609. The molecule has 0 bridgehead atoms. The van der Waals surface area contributed by atoms with Crippen molar-refractivity contribution in [3.63, 3.8) is 0 Å². The Morgan fingerprint density at radius 2 is 2.21 bits per heavy atom. The van der Waals surface area contributed by atoms with Crippen molar-refractivity contribution in [1.82, 2.24) is 0 Å². The average molecular weight is 274 g/mol. The fraction of sp³-hybridized carbons (Fsp3) is 0.231. The molecular weight excluding hydrogens is 264 g/mol. The van der Waals surface area contributed by atoms with Crippen molar-refractivity contribution in [2.75, 3.05) is 5.75 Å². The van der Waals surface area contributed by atoms with E-state index in [2.05, 4.69) is 11.8 Å². The van der Waals surface area contributed by atoms with Crippen LogP contribution in [0.5, 0.6) is 0 Å². The molecule has 0 aromatic heterocycles. The van der Waals surface area contributed by atoms with Crippen LogP contribution in [0.15, 0.2) is 18.2 Å². The number of hydrogen-bond acceptors (Lipinski definition) is 5. The summed E-state index contributed by atoms with van der Waals surface area (Å²) in [5.74, 6) is 6.22. The minimum atomic E-state index is -0.554. The molecule has 0 spiro atoms. The number of nitro groups is 1. The molecular formula is C13H10N2O3S. The van der Waals surface area contributed by atoms with Gasteiger partial charge in [-0.1, -0.05) is 23.6 Å². The summed E-state index contributed by atoms with van der Waals surface area (Å²) in [6.45, 7) is 1.49. The van der Waals surface area contributed by atoms with Gasteiger partial charge in [0.15, 0.2) is 5.12 Å². The number of nitro benzene ring substituents is 1. The first kappa shape index (κ1) is 14.7. The second-order valence-corrected chi connectivity index (χ2v) is 4.76. The molecule has 1 rings (SSSR count). The number of hydrogen-bond donors (Lipinski definition) is 0. The summed E-state index contributed by atoms with van der Waals surface area (Å²) in [7, 11) is 0. The summed E-state index contributed by atoms with van der Waals surface area (Å²) in [6.07, 6.45) is 0.520. The van der Waals surface area contributed by atoms with E-state index in [1.165, 1.54) is 36.9 Å². The third-order valence-electron chi connectivity index (χ3n) is 2.09. The highest BCUT2D eigenvalue weighted by Gasteiger charge is 2.08. The van der Waals surface area contributed by atoms with Crippen molar-refractivity contribution >= 4 is 22.6 Å². The third kappa shape index (κ3) is 4.82. The lowest BCUT2D eigenvalue weighted by Gasteiger charge is -1.95. The maximum absolute atomic E-state index is 10.7. The largest absolute Gasteiger partial charge is 0.288 e. The summed E-state index contributed by atoms with van der Waals surface area (Å²) in [5.41, 5.74) is 0.510. The zero-order valence-electron chi connectivity index (χ0n) is 10.2. The lowest BCUT2D eigenvalue weighted by atomic mass is 10.1. The standard InChI is InChI=1S/C13H10N2O3S/c1-10(16)19-7-3-2-4-11-5-6-13(15(17)18)8-12(11)9-14/h5-6,8H,3,7H2,1H3. The van der Waals surface area contributed by atoms with Crippen LogP contribution in [0, 0.1) is 33.3 Å². The van der Waals surface area contributed by atoms with Crippen LogP contribution in [0.3, 0.4) is 0 Å². The van der Waals surface area contributed by atoms with E-state index in [1.807, 2.05) is 6.07 Å². The molecule has 1 aromatic rings. The Labute approximate surface area is 114 Å². The molecule has 1 aromatic carbocycles. The van der Waals surface area contributed by atoms with Gasteiger partial charge in [-0.15, -0.1) is 0 Å². The van der Waals surface area contributed by atoms with E-state index in [9.17, 15) is 14.9 Å². The van der Waals surface area contributed by atoms with Crippen molar-refractivity contribution in [3.05, 3.63) is 39.4 Å². The molecule has 0 atom stereocenters. The second-order valence-electron chi connectivity index (χ2n) is 3.49. The van der Waals surface area contributed by atoms with E-state index in [-0.39, 0.29) is 16.4 Å². The third-order valence-corrected chi connectivity index (χ3v) is 2.90. The van der Waals surface area contributed by atoms with Crippen LogP contribution < -0.4 is 0 Å². The predicted molar refractivity (Wildman–Crippen MR) is 72.4 cm³/mol. The first-order valence-electron chi connectivity index (χ1n) is 5.35. The zero-order chi connectivity index (χ0) is 14.3. The van der Waals surface area contributed by atoms with Gasteiger partial charge in [0, 0.05) is 36.8 Å². The lowest BCUT2D eigenvalue weighted by molar-refractivity contribution is -0.384. The smallest absolute Gasteiger partial charge is 0.270 e. The molecule has 0 saturated carbocycles. The van der Waals surface area contributed by atoms with E-state index in [0.29, 0.717) is 17.7 Å². The fourth-order valence-corrected chi connectivity index (χ4v) is 1.74. The van der Waals surface area contributed by atoms with Gasteiger partial charge in [-0.2, -0.15) is 5.26 Å². The van der Waals surface area contributed by atoms with Crippen LogP contribution in [0.4, 0.5) is 5.69 Å². The average Bonchev–Trinajstić information content (AvgIpc) is 2.37. The Kier molecular flexibility index (Phi) is 5.59. The van der Waals surface area contributed by atoms with E-state index in [4.69, 9.17) is 5.26 Å². The van der Waals surface area contributed by atoms with Gasteiger partial charge in [0.1, 0.15) is 6.07 Å². The van der Waals surface area contributed by atoms with E-state index >= 15 is 0 Å². The van der Waals surface area contributed by atoms with Gasteiger partial charge in [0.05, 0.1) is 10.5 Å². The van der Waals surface area contributed by atoms with E-state index in [1.54, 1.807) is 0 Å². The molecule has 5 nitrogen and oxygen atoms in total. The number of non-ortho nitro benzene ring substituents is 1. The maximum atomic E-state index is 10.7. The molecule has 0 heterocycles. The number of nitrogens with zero attached hydrogens (tertiary/aromatic N) is 2. The summed E-state index contributed by atoms with van der Waals surface area (Å²) in [5, 5.41) is 19.5. The van der Waals surface area contributed by atoms with E-state index in [0.717, 1.165) is 0 Å². The van der Waals surface area contributed by atoms with Crippen LogP contribution in [-0.4, -0.2) is 15.8 Å².